The van der Waals surface area contributed by atoms with Crippen LogP contribution in [0.25, 0.3) is 0 Å². The van der Waals surface area contributed by atoms with Gasteiger partial charge in [-0.05, 0) is 29.8 Å². The van der Waals surface area contributed by atoms with Crippen LogP contribution in [0.2, 0.25) is 0 Å². The van der Waals surface area contributed by atoms with E-state index in [1.807, 2.05) is 18.2 Å². The number of rotatable bonds is 7. The fraction of sp³-hybridized carbons (Fsp3) is 0.350. The zero-order valence-corrected chi connectivity index (χ0v) is 15.2. The van der Waals surface area contributed by atoms with Crippen molar-refractivity contribution in [2.75, 3.05) is 37.6 Å². The molecular formula is C20H24N4O3. The highest BCUT2D eigenvalue weighted by Crippen LogP contribution is 2.12. The summed E-state index contributed by atoms with van der Waals surface area (Å²) in [6.45, 7) is 4.80. The molecule has 142 valence electrons. The summed E-state index contributed by atoms with van der Waals surface area (Å²) in [5, 5.41) is 11.8. The second kappa shape index (κ2) is 9.14. The molecule has 2 aromatic rings. The highest BCUT2D eigenvalue weighted by atomic mass is 16.4. The maximum atomic E-state index is 12.1. The highest BCUT2D eigenvalue weighted by Gasteiger charge is 2.18. The third-order valence-corrected chi connectivity index (χ3v) is 4.69. The van der Waals surface area contributed by atoms with Gasteiger partial charge in [0.15, 0.2) is 0 Å². The first kappa shape index (κ1) is 18.8. The Morgan fingerprint density at radius 3 is 2.41 bits per heavy atom. The van der Waals surface area contributed by atoms with Crippen LogP contribution in [0.4, 0.5) is 5.82 Å². The van der Waals surface area contributed by atoms with Crippen molar-refractivity contribution in [3.8, 4) is 0 Å². The summed E-state index contributed by atoms with van der Waals surface area (Å²) >= 11 is 0. The number of nitrogens with one attached hydrogen (secondary N) is 1. The van der Waals surface area contributed by atoms with Gasteiger partial charge < -0.3 is 15.3 Å². The van der Waals surface area contributed by atoms with Crippen molar-refractivity contribution in [3.63, 3.8) is 0 Å². The molecule has 0 saturated carbocycles. The van der Waals surface area contributed by atoms with Gasteiger partial charge in [0.2, 0.25) is 5.91 Å². The van der Waals surface area contributed by atoms with Crippen molar-refractivity contribution in [2.24, 2.45) is 0 Å². The minimum atomic E-state index is -0.950. The van der Waals surface area contributed by atoms with Crippen molar-refractivity contribution in [3.05, 3.63) is 59.8 Å². The molecule has 0 atom stereocenters. The number of aromatic carboxylic acids is 1. The number of piperazine rings is 1. The Morgan fingerprint density at radius 1 is 1.04 bits per heavy atom. The molecule has 7 nitrogen and oxygen atoms in total. The second-order valence-corrected chi connectivity index (χ2v) is 6.55. The van der Waals surface area contributed by atoms with Crippen LogP contribution in [0.15, 0.2) is 48.7 Å². The SMILES string of the molecule is O=C(CCN1CCN(c2ccccn2)CC1)NCc1ccc(C(=O)O)cc1. The molecule has 1 saturated heterocycles. The topological polar surface area (TPSA) is 85.8 Å². The van der Waals surface area contributed by atoms with Crippen LogP contribution in [0, 0.1) is 0 Å². The fourth-order valence-corrected chi connectivity index (χ4v) is 3.06. The molecule has 27 heavy (non-hydrogen) atoms. The van der Waals surface area contributed by atoms with Gasteiger partial charge in [0.1, 0.15) is 5.82 Å². The van der Waals surface area contributed by atoms with Crippen LogP contribution in [-0.2, 0) is 11.3 Å². The fourth-order valence-electron chi connectivity index (χ4n) is 3.06. The molecule has 0 spiro atoms. The minimum absolute atomic E-state index is 0.00414. The summed E-state index contributed by atoms with van der Waals surface area (Å²) in [6.07, 6.45) is 2.26. The lowest BCUT2D eigenvalue weighted by atomic mass is 10.1. The normalized spacial score (nSPS) is 14.7. The van der Waals surface area contributed by atoms with E-state index in [9.17, 15) is 9.59 Å². The molecule has 3 rings (SSSR count). The van der Waals surface area contributed by atoms with Crippen LogP contribution in [-0.4, -0.2) is 59.6 Å². The van der Waals surface area contributed by atoms with E-state index in [0.29, 0.717) is 13.0 Å². The van der Waals surface area contributed by atoms with Crippen LogP contribution in [0.3, 0.4) is 0 Å². The Balaban J connectivity index is 1.35. The summed E-state index contributed by atoms with van der Waals surface area (Å²) in [6, 6.07) is 12.5. The van der Waals surface area contributed by atoms with Crippen LogP contribution in [0.1, 0.15) is 22.3 Å². The third kappa shape index (κ3) is 5.52. The van der Waals surface area contributed by atoms with Gasteiger partial charge in [-0.15, -0.1) is 0 Å². The first-order valence-corrected chi connectivity index (χ1v) is 9.09. The van der Waals surface area contributed by atoms with Crippen molar-refractivity contribution in [1.82, 2.24) is 15.2 Å². The number of anilines is 1. The van der Waals surface area contributed by atoms with Crippen molar-refractivity contribution in [2.45, 2.75) is 13.0 Å². The summed E-state index contributed by atoms with van der Waals surface area (Å²) in [5.41, 5.74) is 1.13. The number of hydrogen-bond acceptors (Lipinski definition) is 5. The lowest BCUT2D eigenvalue weighted by molar-refractivity contribution is -0.121. The van der Waals surface area contributed by atoms with E-state index in [-0.39, 0.29) is 11.5 Å². The molecule has 1 amide bonds. The Morgan fingerprint density at radius 2 is 1.78 bits per heavy atom. The average Bonchev–Trinajstić information content (AvgIpc) is 2.72. The Hall–Kier alpha value is -2.93. The van der Waals surface area contributed by atoms with E-state index in [1.54, 1.807) is 30.5 Å². The van der Waals surface area contributed by atoms with E-state index in [1.165, 1.54) is 0 Å². The molecule has 0 aliphatic carbocycles. The second-order valence-electron chi connectivity index (χ2n) is 6.55. The number of carboxylic acid groups (broad SMARTS) is 1. The van der Waals surface area contributed by atoms with Crippen molar-refractivity contribution < 1.29 is 14.7 Å². The highest BCUT2D eigenvalue weighted by molar-refractivity contribution is 5.87. The number of benzene rings is 1. The zero-order valence-electron chi connectivity index (χ0n) is 15.2. The molecule has 2 heterocycles. The number of hydrogen-bond donors (Lipinski definition) is 2. The van der Waals surface area contributed by atoms with Crippen LogP contribution < -0.4 is 10.2 Å². The monoisotopic (exact) mass is 368 g/mol. The third-order valence-electron chi connectivity index (χ3n) is 4.69. The van der Waals surface area contributed by atoms with Gasteiger partial charge in [0, 0.05) is 51.9 Å². The molecule has 1 aromatic carbocycles. The van der Waals surface area contributed by atoms with Gasteiger partial charge in [-0.3, -0.25) is 9.69 Å². The lowest BCUT2D eigenvalue weighted by Gasteiger charge is -2.35. The molecule has 0 bridgehead atoms. The standard InChI is InChI=1S/C20H24N4O3/c25-19(22-15-16-4-6-17(7-5-16)20(26)27)8-10-23-11-13-24(14-12-23)18-3-1-2-9-21-18/h1-7,9H,8,10-15H2,(H,22,25)(H,26,27). The van der Waals surface area contributed by atoms with Crippen LogP contribution >= 0.6 is 0 Å². The van der Waals surface area contributed by atoms with E-state index in [0.717, 1.165) is 44.1 Å². The number of pyridine rings is 1. The first-order valence-electron chi connectivity index (χ1n) is 9.09. The lowest BCUT2D eigenvalue weighted by Crippen LogP contribution is -2.47. The van der Waals surface area contributed by atoms with Crippen LogP contribution in [0.5, 0.6) is 0 Å². The average molecular weight is 368 g/mol. The summed E-state index contributed by atoms with van der Waals surface area (Å²) in [7, 11) is 0. The molecule has 1 aliphatic heterocycles. The molecule has 0 unspecified atom stereocenters. The predicted octanol–water partition coefficient (Wildman–Crippen LogP) is 1.61. The minimum Gasteiger partial charge on any atom is -0.478 e. The molecule has 1 aromatic heterocycles. The Labute approximate surface area is 158 Å². The van der Waals surface area contributed by atoms with Crippen molar-refractivity contribution in [1.29, 1.82) is 0 Å². The summed E-state index contributed by atoms with van der Waals surface area (Å²) in [4.78, 5) is 31.8. The van der Waals surface area contributed by atoms with Gasteiger partial charge in [-0.1, -0.05) is 18.2 Å². The van der Waals surface area contributed by atoms with E-state index >= 15 is 0 Å². The number of carbonyl (C=O) groups is 2. The quantitative estimate of drug-likeness (QED) is 0.772. The molecule has 7 heteroatoms. The van der Waals surface area contributed by atoms with Crippen molar-refractivity contribution >= 4 is 17.7 Å². The number of nitrogens with zero attached hydrogens (tertiary/aromatic N) is 3. The maximum absolute atomic E-state index is 12.1. The van der Waals surface area contributed by atoms with E-state index in [2.05, 4.69) is 20.1 Å². The summed E-state index contributed by atoms with van der Waals surface area (Å²) in [5.74, 6) is 0.0574. The van der Waals surface area contributed by atoms with Gasteiger partial charge in [-0.25, -0.2) is 9.78 Å². The molecule has 0 radical (unpaired) electrons. The number of carbonyl (C=O) groups excluding carboxylic acids is 1. The smallest absolute Gasteiger partial charge is 0.335 e. The Kier molecular flexibility index (Phi) is 6.38. The van der Waals surface area contributed by atoms with Gasteiger partial charge in [0.25, 0.3) is 0 Å². The van der Waals surface area contributed by atoms with Gasteiger partial charge >= 0.3 is 5.97 Å². The zero-order chi connectivity index (χ0) is 19.1. The van der Waals surface area contributed by atoms with Gasteiger partial charge in [-0.2, -0.15) is 0 Å². The predicted molar refractivity (Wildman–Crippen MR) is 103 cm³/mol. The molecule has 1 fully saturated rings. The maximum Gasteiger partial charge on any atom is 0.335 e. The Bertz CT molecular complexity index is 757. The first-order chi connectivity index (χ1) is 13.1. The largest absolute Gasteiger partial charge is 0.478 e. The van der Waals surface area contributed by atoms with E-state index < -0.39 is 5.97 Å². The molecule has 2 N–H and O–H groups in total. The molecule has 1 aliphatic rings. The summed E-state index contributed by atoms with van der Waals surface area (Å²) < 4.78 is 0. The molecular weight excluding hydrogens is 344 g/mol. The number of carboxylic acids is 1. The number of aromatic nitrogens is 1. The van der Waals surface area contributed by atoms with Gasteiger partial charge in [0.05, 0.1) is 5.56 Å². The number of amides is 1. The van der Waals surface area contributed by atoms with E-state index in [4.69, 9.17) is 5.11 Å².